The van der Waals surface area contributed by atoms with Crippen molar-refractivity contribution in [2.75, 3.05) is 49.1 Å². The van der Waals surface area contributed by atoms with Crippen molar-refractivity contribution < 1.29 is 36.5 Å². The van der Waals surface area contributed by atoms with Crippen molar-refractivity contribution in [3.8, 4) is 11.5 Å². The molecule has 0 saturated carbocycles. The van der Waals surface area contributed by atoms with Crippen LogP contribution in [0.3, 0.4) is 0 Å². The molecule has 0 heterocycles. The molecule has 0 aromatic heterocycles. The monoisotopic (exact) mass is 578 g/mol. The summed E-state index contributed by atoms with van der Waals surface area (Å²) in [6, 6.07) is 14.6. The van der Waals surface area contributed by atoms with Crippen LogP contribution in [0.2, 0.25) is 0 Å². The van der Waals surface area contributed by atoms with Crippen molar-refractivity contribution in [3.05, 3.63) is 59.7 Å². The number of hydrogen-bond acceptors (Lipinski definition) is 10. The lowest BCUT2D eigenvalue weighted by Gasteiger charge is -2.31. The zero-order chi connectivity index (χ0) is 26.8. The molecule has 0 amide bonds. The van der Waals surface area contributed by atoms with Gasteiger partial charge in [-0.05, 0) is 53.9 Å². The van der Waals surface area contributed by atoms with Crippen molar-refractivity contribution in [2.45, 2.75) is 6.42 Å². The maximum absolute atomic E-state index is 12.9. The second-order valence-electron chi connectivity index (χ2n) is 6.99. The first-order chi connectivity index (χ1) is 17.1. The molecule has 0 N–H and O–H groups in total. The Kier molecular flexibility index (Phi) is 12.1. The molecule has 15 heteroatoms. The summed E-state index contributed by atoms with van der Waals surface area (Å²) in [5, 5.41) is 4.35. The normalized spacial score (nSPS) is 12.7. The van der Waals surface area contributed by atoms with Crippen LogP contribution in [0.15, 0.2) is 53.6 Å². The highest BCUT2D eigenvalue weighted by molar-refractivity contribution is 8.02. The van der Waals surface area contributed by atoms with Gasteiger partial charge in [-0.2, -0.15) is 0 Å². The highest BCUT2D eigenvalue weighted by Gasteiger charge is 2.46. The molecule has 2 aromatic carbocycles. The van der Waals surface area contributed by atoms with E-state index in [1.165, 1.54) is 28.4 Å². The first-order valence-corrected chi connectivity index (χ1v) is 15.7. The Balaban J connectivity index is 2.01. The van der Waals surface area contributed by atoms with Crippen LogP contribution < -0.4 is 9.26 Å². The second-order valence-corrected chi connectivity index (χ2v) is 13.8. The quantitative estimate of drug-likeness (QED) is 0.153. The summed E-state index contributed by atoms with van der Waals surface area (Å²) in [6.45, 7) is 0.0225. The maximum atomic E-state index is 12.9. The number of nitrogens with zero attached hydrogens (tertiary/aromatic N) is 3. The van der Waals surface area contributed by atoms with Crippen LogP contribution in [0.5, 0.6) is 11.5 Å². The summed E-state index contributed by atoms with van der Waals surface area (Å²) in [7, 11) is -1.09. The summed E-state index contributed by atoms with van der Waals surface area (Å²) in [4.78, 5) is 0. The SMILES string of the molecule is COc1ccc(/C=N\N(C)[P+](=S)Oc2ccc(CCN(P(=O)(OC)OC)P(=O)(OC)OC)cc2)cc1. The van der Waals surface area contributed by atoms with E-state index in [4.69, 9.17) is 39.2 Å². The van der Waals surface area contributed by atoms with Gasteiger partial charge in [0.05, 0.1) is 20.4 Å². The number of methoxy groups -OCH3 is 1. The fraction of sp³-hybridized carbons (Fsp3) is 0.381. The minimum atomic E-state index is -3.90. The third kappa shape index (κ3) is 8.15. The summed E-state index contributed by atoms with van der Waals surface area (Å²) < 4.78 is 59.5. The van der Waals surface area contributed by atoms with E-state index in [2.05, 4.69) is 5.10 Å². The van der Waals surface area contributed by atoms with Gasteiger partial charge in [0.25, 0.3) is 0 Å². The fourth-order valence-corrected chi connectivity index (χ4v) is 7.52. The van der Waals surface area contributed by atoms with Crippen molar-refractivity contribution in [1.29, 1.82) is 0 Å². The Hall–Kier alpha value is -1.71. The average Bonchev–Trinajstić information content (AvgIpc) is 2.92. The van der Waals surface area contributed by atoms with Gasteiger partial charge in [-0.15, -0.1) is 9.54 Å². The fourth-order valence-electron chi connectivity index (χ4n) is 2.88. The van der Waals surface area contributed by atoms with Crippen LogP contribution in [0.25, 0.3) is 0 Å². The Morgan fingerprint density at radius 1 is 0.861 bits per heavy atom. The van der Waals surface area contributed by atoms with Gasteiger partial charge in [-0.1, -0.05) is 16.9 Å². The standard InChI is InChI=1S/C21H31N3O8P3S/c1-23(22-17-19-9-11-20(27-2)12-10-19)33(36)32-21-13-7-18(8-14-21)15-16-24(34(25,28-3)29-4)35(26,30-5)31-6/h7-14,17H,15-16H2,1-6H3/q+1/b22-17-. The van der Waals surface area contributed by atoms with Gasteiger partial charge < -0.3 is 4.74 Å². The Bertz CT molecular complexity index is 1080. The summed E-state index contributed by atoms with van der Waals surface area (Å²) >= 11 is 5.46. The number of hydrogen-bond donors (Lipinski definition) is 0. The van der Waals surface area contributed by atoms with E-state index in [0.29, 0.717) is 12.2 Å². The number of ether oxygens (including phenoxy) is 1. The van der Waals surface area contributed by atoms with Gasteiger partial charge in [-0.3, -0.25) is 22.6 Å². The van der Waals surface area contributed by atoms with Gasteiger partial charge in [0.2, 0.25) is 11.8 Å². The molecular weight excluding hydrogens is 547 g/mol. The highest BCUT2D eigenvalue weighted by atomic mass is 32.4. The zero-order valence-corrected chi connectivity index (χ0v) is 24.5. The highest BCUT2D eigenvalue weighted by Crippen LogP contribution is 2.67. The molecule has 198 valence electrons. The van der Waals surface area contributed by atoms with Crippen LogP contribution in [0.4, 0.5) is 0 Å². The first-order valence-electron chi connectivity index (χ1n) is 10.5. The van der Waals surface area contributed by atoms with E-state index in [1.807, 2.05) is 36.4 Å². The van der Waals surface area contributed by atoms with E-state index in [0.717, 1.165) is 21.3 Å². The van der Waals surface area contributed by atoms with Crippen molar-refractivity contribution >= 4 is 40.6 Å². The molecule has 0 saturated heterocycles. The maximum Gasteiger partial charge on any atom is 0.540 e. The van der Waals surface area contributed by atoms with Gasteiger partial charge in [-0.25, -0.2) is 9.13 Å². The lowest BCUT2D eigenvalue weighted by atomic mass is 10.1. The summed E-state index contributed by atoms with van der Waals surface area (Å²) in [6.07, 6.45) is 2.04. The molecule has 0 aliphatic carbocycles. The number of hydrazone groups is 1. The van der Waals surface area contributed by atoms with Gasteiger partial charge in [0.1, 0.15) is 5.75 Å². The molecule has 2 aromatic rings. The van der Waals surface area contributed by atoms with Crippen molar-refractivity contribution in [3.63, 3.8) is 0 Å². The van der Waals surface area contributed by atoms with Crippen molar-refractivity contribution in [1.82, 2.24) is 9.22 Å². The lowest BCUT2D eigenvalue weighted by molar-refractivity contribution is 0.195. The molecule has 0 aliphatic rings. The molecule has 0 aliphatic heterocycles. The topological polar surface area (TPSA) is 108 Å². The second kappa shape index (κ2) is 14.3. The van der Waals surface area contributed by atoms with Crippen LogP contribution in [-0.2, 0) is 45.5 Å². The van der Waals surface area contributed by atoms with E-state index >= 15 is 0 Å². The zero-order valence-electron chi connectivity index (χ0n) is 21.0. The van der Waals surface area contributed by atoms with Crippen LogP contribution in [0, 0.1) is 0 Å². The lowest BCUT2D eigenvalue weighted by Crippen LogP contribution is -2.23. The van der Waals surface area contributed by atoms with Gasteiger partial charge in [0.15, 0.2) is 5.75 Å². The van der Waals surface area contributed by atoms with Gasteiger partial charge in [0, 0.05) is 35.0 Å². The number of benzene rings is 2. The molecule has 11 nitrogen and oxygen atoms in total. The van der Waals surface area contributed by atoms with Crippen LogP contribution >= 0.6 is 22.6 Å². The molecule has 0 spiro atoms. The molecule has 0 fully saturated rings. The minimum absolute atomic E-state index is 0.0225. The number of rotatable bonds is 15. The van der Waals surface area contributed by atoms with Crippen LogP contribution in [-0.4, -0.2) is 64.6 Å². The predicted octanol–water partition coefficient (Wildman–Crippen LogP) is 5.46. The predicted molar refractivity (Wildman–Crippen MR) is 143 cm³/mol. The Morgan fingerprint density at radius 2 is 1.36 bits per heavy atom. The minimum Gasteiger partial charge on any atom is -0.497 e. The molecule has 1 unspecified atom stereocenters. The van der Waals surface area contributed by atoms with E-state index in [-0.39, 0.29) is 6.54 Å². The van der Waals surface area contributed by atoms with E-state index < -0.39 is 22.6 Å². The smallest absolute Gasteiger partial charge is 0.497 e. The summed E-state index contributed by atoms with van der Waals surface area (Å²) in [5.74, 6) is 1.34. The Labute approximate surface area is 218 Å². The van der Waals surface area contributed by atoms with Gasteiger partial charge >= 0.3 is 22.6 Å². The Morgan fingerprint density at radius 3 is 1.83 bits per heavy atom. The largest absolute Gasteiger partial charge is 0.540 e. The molecule has 2 rings (SSSR count). The first kappa shape index (κ1) is 30.5. The summed E-state index contributed by atoms with van der Waals surface area (Å²) in [5.41, 5.74) is 1.75. The molecule has 0 radical (unpaired) electrons. The average molecular weight is 578 g/mol. The molecule has 0 bridgehead atoms. The van der Waals surface area contributed by atoms with Crippen LogP contribution in [0.1, 0.15) is 11.1 Å². The van der Waals surface area contributed by atoms with Crippen molar-refractivity contribution in [2.24, 2.45) is 5.10 Å². The van der Waals surface area contributed by atoms with E-state index in [1.54, 1.807) is 37.3 Å². The molecular formula is C21H31N3O8P3S+. The molecule has 36 heavy (non-hydrogen) atoms. The third-order valence-corrected chi connectivity index (χ3v) is 11.5. The third-order valence-electron chi connectivity index (χ3n) is 4.92. The molecule has 1 atom stereocenters. The van der Waals surface area contributed by atoms with E-state index in [9.17, 15) is 9.13 Å².